The number of carbonyl (C=O) groups is 1. The zero-order valence-electron chi connectivity index (χ0n) is 13.3. The number of carbonyl (C=O) groups excluding carboxylic acids is 1. The van der Waals surface area contributed by atoms with Gasteiger partial charge in [-0.2, -0.15) is 0 Å². The van der Waals surface area contributed by atoms with E-state index in [9.17, 15) is 4.79 Å². The summed E-state index contributed by atoms with van der Waals surface area (Å²) in [4.78, 5) is 15.3. The number of allylic oxidation sites excluding steroid dienone is 1. The number of amides is 1. The SMILES string of the molecule is CC1CC2CC(=CC(C)(C(=O)N3CCCCC3C)C1)C2. The molecule has 2 nitrogen and oxygen atoms in total. The van der Waals surface area contributed by atoms with Gasteiger partial charge < -0.3 is 4.90 Å². The van der Waals surface area contributed by atoms with Gasteiger partial charge in [0.05, 0.1) is 5.41 Å². The first-order valence-corrected chi connectivity index (χ1v) is 8.49. The van der Waals surface area contributed by atoms with Crippen molar-refractivity contribution in [2.24, 2.45) is 17.3 Å². The van der Waals surface area contributed by atoms with Gasteiger partial charge >= 0.3 is 0 Å². The quantitative estimate of drug-likeness (QED) is 0.658. The highest BCUT2D eigenvalue weighted by atomic mass is 16.2. The second-order valence-electron chi connectivity index (χ2n) is 7.88. The van der Waals surface area contributed by atoms with Crippen LogP contribution in [0.5, 0.6) is 0 Å². The lowest BCUT2D eigenvalue weighted by molar-refractivity contribution is -0.143. The summed E-state index contributed by atoms with van der Waals surface area (Å²) in [6.45, 7) is 7.72. The second kappa shape index (κ2) is 5.20. The van der Waals surface area contributed by atoms with Gasteiger partial charge in [0.2, 0.25) is 5.91 Å². The summed E-state index contributed by atoms with van der Waals surface area (Å²) in [7, 11) is 0. The van der Waals surface area contributed by atoms with E-state index in [0.29, 0.717) is 17.9 Å². The Bertz CT molecular complexity index is 419. The molecule has 1 aliphatic heterocycles. The molecule has 112 valence electrons. The molecule has 1 saturated carbocycles. The first-order chi connectivity index (χ1) is 9.48. The number of hydrogen-bond acceptors (Lipinski definition) is 1. The van der Waals surface area contributed by atoms with E-state index in [1.54, 1.807) is 5.57 Å². The van der Waals surface area contributed by atoms with Crippen molar-refractivity contribution in [1.82, 2.24) is 4.90 Å². The number of rotatable bonds is 1. The normalized spacial score (nSPS) is 41.2. The van der Waals surface area contributed by atoms with Gasteiger partial charge in [-0.05, 0) is 70.6 Å². The molecule has 2 bridgehead atoms. The zero-order valence-corrected chi connectivity index (χ0v) is 13.3. The van der Waals surface area contributed by atoms with Crippen molar-refractivity contribution in [3.05, 3.63) is 11.6 Å². The van der Waals surface area contributed by atoms with E-state index < -0.39 is 0 Å². The predicted octanol–water partition coefficient (Wildman–Crippen LogP) is 4.16. The fourth-order valence-corrected chi connectivity index (χ4v) is 4.73. The van der Waals surface area contributed by atoms with Crippen LogP contribution in [0.1, 0.15) is 65.7 Å². The number of fused-ring (bicyclic) bond motifs is 4. The summed E-state index contributed by atoms with van der Waals surface area (Å²) in [5.74, 6) is 1.98. The molecule has 2 heteroatoms. The Balaban J connectivity index is 1.83. The van der Waals surface area contributed by atoms with Gasteiger partial charge in [0, 0.05) is 12.6 Å². The van der Waals surface area contributed by atoms with Gasteiger partial charge in [-0.15, -0.1) is 0 Å². The third kappa shape index (κ3) is 2.54. The maximum Gasteiger partial charge on any atom is 0.232 e. The monoisotopic (exact) mass is 275 g/mol. The smallest absolute Gasteiger partial charge is 0.232 e. The van der Waals surface area contributed by atoms with Crippen LogP contribution in [0.15, 0.2) is 11.6 Å². The Labute approximate surface area is 123 Å². The molecule has 0 aromatic carbocycles. The molecule has 3 unspecified atom stereocenters. The minimum Gasteiger partial charge on any atom is -0.339 e. The summed E-state index contributed by atoms with van der Waals surface area (Å²) in [6.07, 6.45) is 10.8. The minimum atomic E-state index is -0.244. The summed E-state index contributed by atoms with van der Waals surface area (Å²) >= 11 is 0. The molecule has 4 rings (SSSR count). The van der Waals surface area contributed by atoms with E-state index in [1.807, 2.05) is 0 Å². The molecule has 2 fully saturated rings. The lowest BCUT2D eigenvalue weighted by Crippen LogP contribution is -2.49. The predicted molar refractivity (Wildman–Crippen MR) is 82.3 cm³/mol. The summed E-state index contributed by atoms with van der Waals surface area (Å²) in [5, 5.41) is 0. The van der Waals surface area contributed by atoms with E-state index in [1.165, 1.54) is 38.5 Å². The van der Waals surface area contributed by atoms with E-state index in [2.05, 4.69) is 31.7 Å². The van der Waals surface area contributed by atoms with Gasteiger partial charge in [-0.25, -0.2) is 0 Å². The van der Waals surface area contributed by atoms with Gasteiger partial charge in [-0.1, -0.05) is 18.6 Å². The lowest BCUT2D eigenvalue weighted by Gasteiger charge is -2.44. The van der Waals surface area contributed by atoms with Crippen LogP contribution in [0.4, 0.5) is 0 Å². The molecule has 0 radical (unpaired) electrons. The van der Waals surface area contributed by atoms with Crippen molar-refractivity contribution in [3.8, 4) is 0 Å². The average Bonchev–Trinajstić information content (AvgIpc) is 2.33. The number of piperidine rings is 1. The van der Waals surface area contributed by atoms with Crippen LogP contribution in [0.25, 0.3) is 0 Å². The average molecular weight is 275 g/mol. The summed E-state index contributed by atoms with van der Waals surface area (Å²) in [6, 6.07) is 0.432. The third-order valence-corrected chi connectivity index (χ3v) is 5.69. The molecule has 1 saturated heterocycles. The maximum atomic E-state index is 13.1. The van der Waals surface area contributed by atoms with Crippen molar-refractivity contribution in [1.29, 1.82) is 0 Å². The fraction of sp³-hybridized carbons (Fsp3) is 0.833. The van der Waals surface area contributed by atoms with Crippen LogP contribution in [-0.2, 0) is 4.79 Å². The van der Waals surface area contributed by atoms with Crippen LogP contribution in [0, 0.1) is 17.3 Å². The molecule has 0 N–H and O–H groups in total. The highest BCUT2D eigenvalue weighted by molar-refractivity contribution is 5.85. The van der Waals surface area contributed by atoms with Crippen molar-refractivity contribution >= 4 is 5.91 Å². The number of nitrogens with zero attached hydrogens (tertiary/aromatic N) is 1. The standard InChI is InChI=1S/C18H29NO/c1-13-8-15-9-16(10-15)12-18(3,11-13)17(20)19-7-5-4-6-14(19)2/h12-15H,4-11H2,1-3H3. The fourth-order valence-electron chi connectivity index (χ4n) is 4.73. The Morgan fingerprint density at radius 2 is 2.05 bits per heavy atom. The van der Waals surface area contributed by atoms with Crippen molar-refractivity contribution in [2.45, 2.75) is 71.8 Å². The molecular weight excluding hydrogens is 246 g/mol. The molecular formula is C18H29NO. The van der Waals surface area contributed by atoms with E-state index in [4.69, 9.17) is 0 Å². The van der Waals surface area contributed by atoms with E-state index in [0.717, 1.165) is 18.9 Å². The van der Waals surface area contributed by atoms with Gasteiger partial charge in [0.15, 0.2) is 0 Å². The van der Waals surface area contributed by atoms with Crippen LogP contribution >= 0.6 is 0 Å². The molecule has 3 aliphatic carbocycles. The molecule has 0 aromatic heterocycles. The Kier molecular flexibility index (Phi) is 3.68. The second-order valence-corrected chi connectivity index (χ2v) is 7.88. The third-order valence-electron chi connectivity index (χ3n) is 5.69. The van der Waals surface area contributed by atoms with E-state index in [-0.39, 0.29) is 5.41 Å². The zero-order chi connectivity index (χ0) is 14.3. The summed E-state index contributed by atoms with van der Waals surface area (Å²) in [5.41, 5.74) is 1.30. The highest BCUT2D eigenvalue weighted by Crippen LogP contribution is 2.46. The molecule has 0 aromatic rings. The van der Waals surface area contributed by atoms with Crippen molar-refractivity contribution < 1.29 is 4.79 Å². The minimum absolute atomic E-state index is 0.244. The van der Waals surface area contributed by atoms with E-state index >= 15 is 0 Å². The molecule has 4 aliphatic rings. The van der Waals surface area contributed by atoms with Crippen molar-refractivity contribution in [2.75, 3.05) is 6.54 Å². The maximum absolute atomic E-state index is 13.1. The van der Waals surface area contributed by atoms with Crippen LogP contribution < -0.4 is 0 Å². The Morgan fingerprint density at radius 3 is 2.75 bits per heavy atom. The lowest BCUT2D eigenvalue weighted by atomic mass is 9.65. The van der Waals surface area contributed by atoms with Gasteiger partial charge in [0.1, 0.15) is 0 Å². The molecule has 1 heterocycles. The van der Waals surface area contributed by atoms with Crippen LogP contribution in [0.2, 0.25) is 0 Å². The largest absolute Gasteiger partial charge is 0.339 e. The number of hydrogen-bond donors (Lipinski definition) is 0. The molecule has 0 spiro atoms. The molecule has 20 heavy (non-hydrogen) atoms. The first-order valence-electron chi connectivity index (χ1n) is 8.49. The van der Waals surface area contributed by atoms with Crippen LogP contribution in [-0.4, -0.2) is 23.4 Å². The summed E-state index contributed by atoms with van der Waals surface area (Å²) < 4.78 is 0. The first kappa shape index (κ1) is 14.2. The Morgan fingerprint density at radius 1 is 1.30 bits per heavy atom. The van der Waals surface area contributed by atoms with Crippen molar-refractivity contribution in [3.63, 3.8) is 0 Å². The highest BCUT2D eigenvalue weighted by Gasteiger charge is 2.42. The van der Waals surface area contributed by atoms with Gasteiger partial charge in [0.25, 0.3) is 0 Å². The number of likely N-dealkylation sites (tertiary alicyclic amines) is 1. The Hall–Kier alpha value is -0.790. The topological polar surface area (TPSA) is 20.3 Å². The molecule has 3 atom stereocenters. The molecule has 1 amide bonds. The van der Waals surface area contributed by atoms with Gasteiger partial charge in [-0.3, -0.25) is 4.79 Å². The van der Waals surface area contributed by atoms with Crippen LogP contribution in [0.3, 0.4) is 0 Å².